The van der Waals surface area contributed by atoms with Gasteiger partial charge < -0.3 is 5.73 Å². The van der Waals surface area contributed by atoms with Gasteiger partial charge in [-0.25, -0.2) is 4.39 Å². The Balaban J connectivity index is 2.33. The van der Waals surface area contributed by atoms with Crippen LogP contribution < -0.4 is 5.73 Å². The van der Waals surface area contributed by atoms with Gasteiger partial charge in [-0.15, -0.1) is 0 Å². The largest absolute Gasteiger partial charge is 0.330 e. The van der Waals surface area contributed by atoms with Gasteiger partial charge in [-0.3, -0.25) is 14.6 Å². The number of nitrogens with two attached hydrogens (primary N) is 1. The number of aryl methyl sites for hydroxylation is 1. The van der Waals surface area contributed by atoms with E-state index >= 15 is 0 Å². The molecule has 0 atom stereocenters. The van der Waals surface area contributed by atoms with Crippen molar-refractivity contribution < 1.29 is 4.39 Å². The first-order valence-corrected chi connectivity index (χ1v) is 5.44. The summed E-state index contributed by atoms with van der Waals surface area (Å²) < 4.78 is 14.0. The van der Waals surface area contributed by atoms with Crippen molar-refractivity contribution in [2.45, 2.75) is 13.0 Å². The monoisotopic (exact) mass is 235 g/mol. The van der Waals surface area contributed by atoms with E-state index in [1.165, 1.54) is 0 Å². The maximum Gasteiger partial charge on any atom is 0.113 e. The zero-order valence-electron chi connectivity index (χ0n) is 9.38. The summed E-state index contributed by atoms with van der Waals surface area (Å²) in [6, 6.07) is 1.88. The van der Waals surface area contributed by atoms with Crippen molar-refractivity contribution in [1.29, 1.82) is 0 Å². The molecule has 0 aliphatic rings. The third-order valence-corrected chi connectivity index (χ3v) is 2.39. The molecule has 90 valence electrons. The number of hydrogen-bond donors (Lipinski definition) is 1. The van der Waals surface area contributed by atoms with E-state index in [-0.39, 0.29) is 6.54 Å². The van der Waals surface area contributed by atoms with Crippen LogP contribution in [-0.4, -0.2) is 33.0 Å². The van der Waals surface area contributed by atoms with E-state index in [0.29, 0.717) is 24.4 Å². The molecule has 17 heavy (non-hydrogen) atoms. The molecule has 0 aromatic carbocycles. The highest BCUT2D eigenvalue weighted by Crippen LogP contribution is 2.16. The minimum atomic E-state index is -0.445. The summed E-state index contributed by atoms with van der Waals surface area (Å²) in [5.41, 5.74) is 7.82. The average Bonchev–Trinajstić information content (AvgIpc) is 2.75. The fourth-order valence-corrected chi connectivity index (χ4v) is 1.63. The molecule has 0 fully saturated rings. The van der Waals surface area contributed by atoms with Gasteiger partial charge in [0, 0.05) is 24.5 Å². The molecular weight excluding hydrogens is 221 g/mol. The normalized spacial score (nSPS) is 10.7. The van der Waals surface area contributed by atoms with Crippen LogP contribution in [0.1, 0.15) is 5.69 Å². The summed E-state index contributed by atoms with van der Waals surface area (Å²) in [5.74, 6) is 0. The van der Waals surface area contributed by atoms with Crippen LogP contribution in [-0.2, 0) is 13.0 Å². The Kier molecular flexibility index (Phi) is 3.77. The quantitative estimate of drug-likeness (QED) is 0.832. The van der Waals surface area contributed by atoms with Crippen LogP contribution in [0.25, 0.3) is 11.4 Å². The predicted octanol–water partition coefficient (Wildman–Crippen LogP) is 0.811. The average molecular weight is 235 g/mol. The number of hydrogen-bond acceptors (Lipinski definition) is 4. The zero-order valence-corrected chi connectivity index (χ0v) is 9.38. The van der Waals surface area contributed by atoms with Crippen LogP contribution in [0.5, 0.6) is 0 Å². The van der Waals surface area contributed by atoms with Crippen LogP contribution in [0.15, 0.2) is 24.7 Å². The lowest BCUT2D eigenvalue weighted by Crippen LogP contribution is -2.11. The summed E-state index contributed by atoms with van der Waals surface area (Å²) in [6.07, 6.45) is 5.51. The van der Waals surface area contributed by atoms with E-state index in [4.69, 9.17) is 5.73 Å². The maximum absolute atomic E-state index is 12.4. The molecule has 0 amide bonds. The van der Waals surface area contributed by atoms with Crippen molar-refractivity contribution in [3.63, 3.8) is 0 Å². The Labute approximate surface area is 98.5 Å². The van der Waals surface area contributed by atoms with E-state index in [1.54, 1.807) is 23.3 Å². The standard InChI is InChI=1S/C11H14FN5/c12-2-6-17-9(1-3-13)7-10(16-17)11-8-14-4-5-15-11/h4-5,7-8H,1-3,6,13H2. The van der Waals surface area contributed by atoms with E-state index in [9.17, 15) is 4.39 Å². The first-order valence-electron chi connectivity index (χ1n) is 5.44. The fourth-order valence-electron chi connectivity index (χ4n) is 1.63. The first kappa shape index (κ1) is 11.7. The Hall–Kier alpha value is -1.82. The fraction of sp³-hybridized carbons (Fsp3) is 0.364. The van der Waals surface area contributed by atoms with E-state index in [0.717, 1.165) is 5.69 Å². The summed E-state index contributed by atoms with van der Waals surface area (Å²) in [4.78, 5) is 8.14. The Morgan fingerprint density at radius 3 is 2.82 bits per heavy atom. The third kappa shape index (κ3) is 2.65. The zero-order chi connectivity index (χ0) is 12.1. The van der Waals surface area contributed by atoms with Gasteiger partial charge in [-0.1, -0.05) is 0 Å². The molecule has 2 N–H and O–H groups in total. The lowest BCUT2D eigenvalue weighted by molar-refractivity contribution is 0.420. The van der Waals surface area contributed by atoms with Crippen molar-refractivity contribution in [1.82, 2.24) is 19.7 Å². The third-order valence-electron chi connectivity index (χ3n) is 2.39. The predicted molar refractivity (Wildman–Crippen MR) is 62.0 cm³/mol. The van der Waals surface area contributed by atoms with Crippen molar-refractivity contribution >= 4 is 0 Å². The van der Waals surface area contributed by atoms with Crippen LogP contribution in [0, 0.1) is 0 Å². The van der Waals surface area contributed by atoms with Crippen molar-refractivity contribution in [2.24, 2.45) is 5.73 Å². The smallest absolute Gasteiger partial charge is 0.113 e. The Bertz CT molecular complexity index is 444. The molecule has 2 aromatic rings. The number of halogens is 1. The summed E-state index contributed by atoms with van der Waals surface area (Å²) in [6.45, 7) is 0.312. The number of aromatic nitrogens is 4. The maximum atomic E-state index is 12.4. The van der Waals surface area contributed by atoms with Crippen molar-refractivity contribution in [3.05, 3.63) is 30.4 Å². The van der Waals surface area contributed by atoms with Gasteiger partial charge in [0.2, 0.25) is 0 Å². The van der Waals surface area contributed by atoms with Gasteiger partial charge in [0.25, 0.3) is 0 Å². The molecule has 2 rings (SSSR count). The second-order valence-electron chi connectivity index (χ2n) is 3.56. The molecule has 5 nitrogen and oxygen atoms in total. The molecule has 0 aliphatic carbocycles. The van der Waals surface area contributed by atoms with Gasteiger partial charge in [0.1, 0.15) is 18.1 Å². The lowest BCUT2D eigenvalue weighted by atomic mass is 10.2. The molecule has 2 heterocycles. The molecule has 6 heteroatoms. The summed E-state index contributed by atoms with van der Waals surface area (Å²) in [5, 5.41) is 4.31. The van der Waals surface area contributed by atoms with Crippen LogP contribution in [0.3, 0.4) is 0 Å². The minimum Gasteiger partial charge on any atom is -0.330 e. The van der Waals surface area contributed by atoms with Gasteiger partial charge in [0.05, 0.1) is 12.7 Å². The van der Waals surface area contributed by atoms with Crippen molar-refractivity contribution in [3.8, 4) is 11.4 Å². The van der Waals surface area contributed by atoms with Gasteiger partial charge in [0.15, 0.2) is 0 Å². The van der Waals surface area contributed by atoms with Crippen molar-refractivity contribution in [2.75, 3.05) is 13.2 Å². The highest BCUT2D eigenvalue weighted by Gasteiger charge is 2.09. The summed E-state index contributed by atoms with van der Waals surface area (Å²) in [7, 11) is 0. The molecule has 0 saturated heterocycles. The van der Waals surface area contributed by atoms with Crippen LogP contribution >= 0.6 is 0 Å². The number of nitrogens with zero attached hydrogens (tertiary/aromatic N) is 4. The second kappa shape index (κ2) is 5.49. The highest BCUT2D eigenvalue weighted by atomic mass is 19.1. The molecule has 0 spiro atoms. The second-order valence-corrected chi connectivity index (χ2v) is 3.56. The van der Waals surface area contributed by atoms with Crippen LogP contribution in [0.2, 0.25) is 0 Å². The Morgan fingerprint density at radius 2 is 2.18 bits per heavy atom. The molecule has 0 bridgehead atoms. The topological polar surface area (TPSA) is 69.6 Å². The SMILES string of the molecule is NCCc1cc(-c2cnccn2)nn1CCF. The number of rotatable bonds is 5. The molecular formula is C11H14FN5. The minimum absolute atomic E-state index is 0.246. The van der Waals surface area contributed by atoms with E-state index < -0.39 is 6.67 Å². The van der Waals surface area contributed by atoms with Gasteiger partial charge in [-0.2, -0.15) is 5.10 Å². The van der Waals surface area contributed by atoms with Gasteiger partial charge >= 0.3 is 0 Å². The number of alkyl halides is 1. The van der Waals surface area contributed by atoms with Crippen LogP contribution in [0.4, 0.5) is 4.39 Å². The molecule has 2 aromatic heterocycles. The van der Waals surface area contributed by atoms with E-state index in [1.807, 2.05) is 6.07 Å². The molecule has 0 aliphatic heterocycles. The molecule has 0 saturated carbocycles. The van der Waals surface area contributed by atoms with E-state index in [2.05, 4.69) is 15.1 Å². The Morgan fingerprint density at radius 1 is 1.29 bits per heavy atom. The lowest BCUT2D eigenvalue weighted by Gasteiger charge is -2.02. The summed E-state index contributed by atoms with van der Waals surface area (Å²) >= 11 is 0. The van der Waals surface area contributed by atoms with Gasteiger partial charge in [-0.05, 0) is 12.6 Å². The molecule has 0 unspecified atom stereocenters. The highest BCUT2D eigenvalue weighted by molar-refractivity contribution is 5.52. The molecule has 0 radical (unpaired) electrons. The first-order chi connectivity index (χ1) is 8.35.